The van der Waals surface area contributed by atoms with E-state index in [-0.39, 0.29) is 11.5 Å². The Morgan fingerprint density at radius 2 is 1.96 bits per heavy atom. The zero-order valence-electron chi connectivity index (χ0n) is 15.7. The van der Waals surface area contributed by atoms with Crippen LogP contribution < -0.4 is 16.4 Å². The Balaban J connectivity index is 1.99. The number of aromatic nitrogens is 3. The van der Waals surface area contributed by atoms with Crippen LogP contribution >= 0.6 is 0 Å². The fourth-order valence-corrected chi connectivity index (χ4v) is 2.56. The first-order chi connectivity index (χ1) is 13.2. The van der Waals surface area contributed by atoms with Gasteiger partial charge in [0.1, 0.15) is 5.67 Å². The molecule has 0 unspecified atom stereocenters. The Hall–Kier alpha value is -3.49. The standard InChI is InChI=1S/C19H21FN6O2/c1-11(19(2,3)20)24-16-14(17(21)27)9-23-26-10-13(8-15(16)26)25-18(28)12-4-6-22-7-5-12/h4-11,24H,1-3H3,(H2,21,27)(H,25,28)/t11-/m1/s1. The van der Waals surface area contributed by atoms with Gasteiger partial charge in [0.15, 0.2) is 0 Å². The number of amides is 2. The van der Waals surface area contributed by atoms with Gasteiger partial charge in [0, 0.05) is 18.0 Å². The molecule has 3 heterocycles. The molecule has 1 atom stereocenters. The third-order valence-electron chi connectivity index (χ3n) is 4.49. The molecule has 0 aliphatic carbocycles. The number of carbonyl (C=O) groups is 2. The van der Waals surface area contributed by atoms with Gasteiger partial charge in [-0.15, -0.1) is 0 Å². The third-order valence-corrected chi connectivity index (χ3v) is 4.49. The summed E-state index contributed by atoms with van der Waals surface area (Å²) in [6.45, 7) is 4.54. The molecule has 8 nitrogen and oxygen atoms in total. The van der Waals surface area contributed by atoms with Crippen molar-refractivity contribution in [2.24, 2.45) is 5.73 Å². The molecule has 0 aliphatic heterocycles. The van der Waals surface area contributed by atoms with Crippen molar-refractivity contribution in [3.8, 4) is 0 Å². The summed E-state index contributed by atoms with van der Waals surface area (Å²) in [6.07, 6.45) is 5.95. The summed E-state index contributed by atoms with van der Waals surface area (Å²) >= 11 is 0. The average Bonchev–Trinajstić information content (AvgIpc) is 3.04. The first-order valence-electron chi connectivity index (χ1n) is 8.65. The Bertz CT molecular complexity index is 1030. The number of rotatable bonds is 6. The molecule has 4 N–H and O–H groups in total. The summed E-state index contributed by atoms with van der Waals surface area (Å²) in [5.41, 5.74) is 5.79. The zero-order chi connectivity index (χ0) is 20.5. The number of nitrogens with one attached hydrogen (secondary N) is 2. The molecule has 2 amide bonds. The van der Waals surface area contributed by atoms with Crippen LogP contribution in [0.5, 0.6) is 0 Å². The number of pyridine rings is 1. The van der Waals surface area contributed by atoms with Crippen LogP contribution in [0.25, 0.3) is 5.52 Å². The minimum Gasteiger partial charge on any atom is -0.377 e. The summed E-state index contributed by atoms with van der Waals surface area (Å²) in [5.74, 6) is -1.01. The molecule has 28 heavy (non-hydrogen) atoms. The van der Waals surface area contributed by atoms with Gasteiger partial charge in [-0.05, 0) is 39.0 Å². The highest BCUT2D eigenvalue weighted by Gasteiger charge is 2.27. The van der Waals surface area contributed by atoms with E-state index in [1.165, 1.54) is 37.0 Å². The Morgan fingerprint density at radius 1 is 1.29 bits per heavy atom. The average molecular weight is 384 g/mol. The minimum atomic E-state index is -1.54. The largest absolute Gasteiger partial charge is 0.377 e. The number of halogens is 1. The van der Waals surface area contributed by atoms with E-state index in [2.05, 4.69) is 20.7 Å². The minimum absolute atomic E-state index is 0.133. The number of nitrogens with zero attached hydrogens (tertiary/aromatic N) is 3. The highest BCUT2D eigenvalue weighted by molar-refractivity contribution is 6.06. The van der Waals surface area contributed by atoms with E-state index in [0.29, 0.717) is 22.5 Å². The molecule has 3 rings (SSSR count). The van der Waals surface area contributed by atoms with Crippen molar-refractivity contribution < 1.29 is 14.0 Å². The van der Waals surface area contributed by atoms with Gasteiger partial charge in [-0.2, -0.15) is 5.10 Å². The molecule has 0 bridgehead atoms. The number of nitrogens with two attached hydrogens (primary N) is 1. The van der Waals surface area contributed by atoms with Crippen LogP contribution in [-0.4, -0.2) is 38.1 Å². The molecule has 3 aromatic heterocycles. The molecular formula is C19H21FN6O2. The van der Waals surface area contributed by atoms with E-state index in [0.717, 1.165) is 0 Å². The fourth-order valence-electron chi connectivity index (χ4n) is 2.56. The van der Waals surface area contributed by atoms with Crippen molar-refractivity contribution in [3.63, 3.8) is 0 Å². The summed E-state index contributed by atoms with van der Waals surface area (Å²) in [6, 6.07) is 4.21. The second-order valence-electron chi connectivity index (χ2n) is 6.98. The number of carbonyl (C=O) groups excluding carboxylic acids is 2. The normalized spacial score (nSPS) is 12.6. The molecule has 0 saturated carbocycles. The second-order valence-corrected chi connectivity index (χ2v) is 6.98. The van der Waals surface area contributed by atoms with Crippen molar-refractivity contribution >= 4 is 28.7 Å². The van der Waals surface area contributed by atoms with Gasteiger partial charge in [-0.1, -0.05) is 0 Å². The number of anilines is 2. The van der Waals surface area contributed by atoms with Crippen LogP contribution in [0.3, 0.4) is 0 Å². The van der Waals surface area contributed by atoms with Gasteiger partial charge >= 0.3 is 0 Å². The van der Waals surface area contributed by atoms with Crippen LogP contribution in [0.4, 0.5) is 15.8 Å². The molecular weight excluding hydrogens is 363 g/mol. The van der Waals surface area contributed by atoms with Gasteiger partial charge in [-0.3, -0.25) is 14.6 Å². The smallest absolute Gasteiger partial charge is 0.255 e. The van der Waals surface area contributed by atoms with Crippen molar-refractivity contribution in [1.29, 1.82) is 0 Å². The van der Waals surface area contributed by atoms with Gasteiger partial charge in [-0.25, -0.2) is 8.91 Å². The second kappa shape index (κ2) is 7.26. The molecule has 0 spiro atoms. The first kappa shape index (κ1) is 19.3. The maximum absolute atomic E-state index is 14.3. The van der Waals surface area contributed by atoms with Crippen molar-refractivity contribution in [1.82, 2.24) is 14.6 Å². The summed E-state index contributed by atoms with van der Waals surface area (Å²) in [5, 5.41) is 9.93. The topological polar surface area (TPSA) is 114 Å². The third kappa shape index (κ3) is 3.93. The summed E-state index contributed by atoms with van der Waals surface area (Å²) in [4.78, 5) is 28.1. The first-order valence-corrected chi connectivity index (χ1v) is 8.65. The number of primary amides is 1. The van der Waals surface area contributed by atoms with E-state index in [4.69, 9.17) is 5.73 Å². The summed E-state index contributed by atoms with van der Waals surface area (Å²) in [7, 11) is 0. The SMILES string of the molecule is C[C@@H](Nc1c(C(N)=O)cnn2cc(NC(=O)c3ccncc3)cc12)C(C)(C)F. The van der Waals surface area contributed by atoms with E-state index in [9.17, 15) is 14.0 Å². The highest BCUT2D eigenvalue weighted by Crippen LogP contribution is 2.28. The highest BCUT2D eigenvalue weighted by atomic mass is 19.1. The Morgan fingerprint density at radius 3 is 2.57 bits per heavy atom. The molecule has 3 aromatic rings. The van der Waals surface area contributed by atoms with Crippen LogP contribution in [-0.2, 0) is 0 Å². The number of alkyl halides is 1. The van der Waals surface area contributed by atoms with Crippen LogP contribution in [0.2, 0.25) is 0 Å². The van der Waals surface area contributed by atoms with E-state index >= 15 is 0 Å². The van der Waals surface area contributed by atoms with E-state index < -0.39 is 17.6 Å². The van der Waals surface area contributed by atoms with E-state index in [1.54, 1.807) is 31.3 Å². The van der Waals surface area contributed by atoms with Gasteiger partial charge in [0.2, 0.25) is 0 Å². The van der Waals surface area contributed by atoms with E-state index in [1.807, 2.05) is 0 Å². The van der Waals surface area contributed by atoms with Gasteiger partial charge < -0.3 is 16.4 Å². The van der Waals surface area contributed by atoms with Gasteiger partial charge in [0.25, 0.3) is 11.8 Å². The van der Waals surface area contributed by atoms with Crippen molar-refractivity contribution in [2.45, 2.75) is 32.5 Å². The molecule has 0 saturated heterocycles. The zero-order valence-corrected chi connectivity index (χ0v) is 15.7. The van der Waals surface area contributed by atoms with Crippen molar-refractivity contribution in [2.75, 3.05) is 10.6 Å². The number of hydrogen-bond donors (Lipinski definition) is 3. The maximum atomic E-state index is 14.3. The van der Waals surface area contributed by atoms with Crippen molar-refractivity contribution in [3.05, 3.63) is 54.1 Å². The number of fused-ring (bicyclic) bond motifs is 1. The lowest BCUT2D eigenvalue weighted by atomic mass is 10.0. The predicted octanol–water partition coefficient (Wildman–Crippen LogP) is 2.63. The fraction of sp³-hybridized carbons (Fsp3) is 0.263. The lowest BCUT2D eigenvalue weighted by Crippen LogP contribution is -2.36. The van der Waals surface area contributed by atoms with Crippen LogP contribution in [0.15, 0.2) is 43.0 Å². The molecule has 146 valence electrons. The number of hydrogen-bond acceptors (Lipinski definition) is 5. The van der Waals surface area contributed by atoms with Gasteiger partial charge in [0.05, 0.1) is 40.9 Å². The van der Waals surface area contributed by atoms with Crippen LogP contribution in [0.1, 0.15) is 41.5 Å². The lowest BCUT2D eigenvalue weighted by molar-refractivity contribution is 0.0997. The Labute approximate surface area is 160 Å². The maximum Gasteiger partial charge on any atom is 0.255 e. The Kier molecular flexibility index (Phi) is 5.00. The molecule has 0 fully saturated rings. The lowest BCUT2D eigenvalue weighted by Gasteiger charge is -2.26. The van der Waals surface area contributed by atoms with Crippen LogP contribution in [0, 0.1) is 0 Å². The molecule has 9 heteroatoms. The molecule has 0 radical (unpaired) electrons. The predicted molar refractivity (Wildman–Crippen MR) is 104 cm³/mol. The monoisotopic (exact) mass is 384 g/mol. The quantitative estimate of drug-likeness (QED) is 0.604. The molecule has 0 aromatic carbocycles. The summed E-state index contributed by atoms with van der Waals surface area (Å²) < 4.78 is 15.8. The molecule has 0 aliphatic rings.